The third kappa shape index (κ3) is 3.85. The molecule has 1 rings (SSSR count). The lowest BCUT2D eigenvalue weighted by molar-refractivity contribution is -0.141. The van der Waals surface area contributed by atoms with Crippen molar-refractivity contribution in [1.29, 1.82) is 0 Å². The molecular formula is C9H13N3O3S. The number of carboxylic acid groups (broad SMARTS) is 1. The number of rotatable bonds is 5. The molecule has 0 spiro atoms. The van der Waals surface area contributed by atoms with Gasteiger partial charge in [0.2, 0.25) is 5.91 Å². The Morgan fingerprint density at radius 1 is 1.69 bits per heavy atom. The van der Waals surface area contributed by atoms with Gasteiger partial charge in [-0.15, -0.1) is 11.3 Å². The van der Waals surface area contributed by atoms with Crippen LogP contribution in [0.1, 0.15) is 12.6 Å². The molecular weight excluding hydrogens is 230 g/mol. The van der Waals surface area contributed by atoms with E-state index in [1.807, 2.05) is 0 Å². The number of amides is 1. The Balaban J connectivity index is 2.34. The zero-order chi connectivity index (χ0) is 12.1. The second-order valence-electron chi connectivity index (χ2n) is 3.40. The molecule has 1 amide bonds. The van der Waals surface area contributed by atoms with Crippen LogP contribution < -0.4 is 11.1 Å². The molecule has 1 atom stereocenters. The van der Waals surface area contributed by atoms with Gasteiger partial charge in [-0.2, -0.15) is 0 Å². The van der Waals surface area contributed by atoms with E-state index < -0.39 is 11.9 Å². The first kappa shape index (κ1) is 12.4. The molecule has 4 N–H and O–H groups in total. The van der Waals surface area contributed by atoms with E-state index in [1.54, 1.807) is 5.38 Å². The van der Waals surface area contributed by atoms with Crippen molar-refractivity contribution in [3.05, 3.63) is 11.1 Å². The van der Waals surface area contributed by atoms with Gasteiger partial charge < -0.3 is 16.2 Å². The quantitative estimate of drug-likeness (QED) is 0.680. The van der Waals surface area contributed by atoms with Crippen LogP contribution in [0.2, 0.25) is 0 Å². The average Bonchev–Trinajstić information content (AvgIpc) is 2.60. The maximum Gasteiger partial charge on any atom is 0.308 e. The molecule has 16 heavy (non-hydrogen) atoms. The molecule has 0 fully saturated rings. The molecule has 0 radical (unpaired) electrons. The Kier molecular flexibility index (Phi) is 4.24. The summed E-state index contributed by atoms with van der Waals surface area (Å²) >= 11 is 1.27. The second-order valence-corrected chi connectivity index (χ2v) is 4.29. The van der Waals surface area contributed by atoms with Gasteiger partial charge in [-0.1, -0.05) is 6.92 Å². The zero-order valence-electron chi connectivity index (χ0n) is 8.77. The number of hydrogen-bond donors (Lipinski definition) is 3. The predicted octanol–water partition coefficient (Wildman–Crippen LogP) is 0.105. The first-order valence-electron chi connectivity index (χ1n) is 4.68. The van der Waals surface area contributed by atoms with E-state index in [1.165, 1.54) is 18.3 Å². The molecule has 6 nitrogen and oxygen atoms in total. The van der Waals surface area contributed by atoms with Crippen LogP contribution in [0, 0.1) is 5.92 Å². The fourth-order valence-corrected chi connectivity index (χ4v) is 1.55. The van der Waals surface area contributed by atoms with Crippen molar-refractivity contribution in [3.8, 4) is 0 Å². The van der Waals surface area contributed by atoms with Crippen LogP contribution in [-0.4, -0.2) is 28.5 Å². The van der Waals surface area contributed by atoms with Gasteiger partial charge in [0, 0.05) is 11.9 Å². The van der Waals surface area contributed by atoms with Crippen molar-refractivity contribution in [3.63, 3.8) is 0 Å². The number of carbonyl (C=O) groups excluding carboxylic acids is 1. The lowest BCUT2D eigenvalue weighted by Crippen LogP contribution is -2.32. The highest BCUT2D eigenvalue weighted by atomic mass is 32.1. The highest BCUT2D eigenvalue weighted by Crippen LogP contribution is 2.11. The summed E-state index contributed by atoms with van der Waals surface area (Å²) in [6.07, 6.45) is 0.125. The zero-order valence-corrected chi connectivity index (χ0v) is 9.58. The van der Waals surface area contributed by atoms with E-state index in [4.69, 9.17) is 10.8 Å². The minimum absolute atomic E-state index is 0.119. The van der Waals surface area contributed by atoms with Crippen LogP contribution in [0.5, 0.6) is 0 Å². The third-order valence-electron chi connectivity index (χ3n) is 1.94. The number of carbonyl (C=O) groups is 2. The minimum Gasteiger partial charge on any atom is -0.481 e. The van der Waals surface area contributed by atoms with Gasteiger partial charge in [-0.05, 0) is 0 Å². The van der Waals surface area contributed by atoms with Gasteiger partial charge in [-0.25, -0.2) is 4.98 Å². The summed E-state index contributed by atoms with van der Waals surface area (Å²) < 4.78 is 0. The normalized spacial score (nSPS) is 12.1. The maximum atomic E-state index is 11.4. The average molecular weight is 243 g/mol. The number of nitrogens with zero attached hydrogens (tertiary/aromatic N) is 1. The topological polar surface area (TPSA) is 105 Å². The van der Waals surface area contributed by atoms with Crippen LogP contribution in [0.3, 0.4) is 0 Å². The fraction of sp³-hybridized carbons (Fsp3) is 0.444. The standard InChI is InChI=1S/C9H13N3O3S/c1-5(8(14)15)3-11-7(13)2-6-4-16-9(10)12-6/h4-5H,2-3H2,1H3,(H2,10,12)(H,11,13)(H,14,15). The summed E-state index contributed by atoms with van der Waals surface area (Å²) in [6, 6.07) is 0. The summed E-state index contributed by atoms with van der Waals surface area (Å²) in [5.74, 6) is -1.78. The molecule has 0 aliphatic carbocycles. The minimum atomic E-state index is -0.932. The number of nitrogen functional groups attached to an aromatic ring is 1. The number of aliphatic carboxylic acids is 1. The molecule has 0 saturated heterocycles. The Morgan fingerprint density at radius 3 is 2.88 bits per heavy atom. The molecule has 1 unspecified atom stereocenters. The first-order chi connectivity index (χ1) is 7.49. The van der Waals surface area contributed by atoms with Crippen LogP contribution in [0.25, 0.3) is 0 Å². The van der Waals surface area contributed by atoms with E-state index in [0.29, 0.717) is 10.8 Å². The number of thiazole rings is 1. The predicted molar refractivity (Wildman–Crippen MR) is 60.0 cm³/mol. The van der Waals surface area contributed by atoms with Crippen molar-refractivity contribution in [2.75, 3.05) is 12.3 Å². The lowest BCUT2D eigenvalue weighted by Gasteiger charge is -2.07. The molecule has 0 aliphatic heterocycles. The smallest absolute Gasteiger partial charge is 0.308 e. The van der Waals surface area contributed by atoms with Gasteiger partial charge in [0.1, 0.15) is 0 Å². The summed E-state index contributed by atoms with van der Waals surface area (Å²) in [4.78, 5) is 25.8. The fourth-order valence-electron chi connectivity index (χ4n) is 0.985. The maximum absolute atomic E-state index is 11.4. The Morgan fingerprint density at radius 2 is 2.38 bits per heavy atom. The molecule has 7 heteroatoms. The van der Waals surface area contributed by atoms with Gasteiger partial charge in [-0.3, -0.25) is 9.59 Å². The number of carboxylic acids is 1. The molecule has 0 saturated carbocycles. The molecule has 1 heterocycles. The first-order valence-corrected chi connectivity index (χ1v) is 5.56. The SMILES string of the molecule is CC(CNC(=O)Cc1csc(N)n1)C(=O)O. The van der Waals surface area contributed by atoms with Gasteiger partial charge >= 0.3 is 5.97 Å². The summed E-state index contributed by atoms with van der Waals surface area (Å²) in [5.41, 5.74) is 6.01. The number of hydrogen-bond acceptors (Lipinski definition) is 5. The van der Waals surface area contributed by atoms with E-state index in [0.717, 1.165) is 0 Å². The highest BCUT2D eigenvalue weighted by molar-refractivity contribution is 7.13. The third-order valence-corrected chi connectivity index (χ3v) is 2.66. The van der Waals surface area contributed by atoms with Crippen LogP contribution >= 0.6 is 11.3 Å². The number of nitrogens with one attached hydrogen (secondary N) is 1. The lowest BCUT2D eigenvalue weighted by atomic mass is 10.2. The van der Waals surface area contributed by atoms with Crippen molar-refractivity contribution in [1.82, 2.24) is 10.3 Å². The second kappa shape index (κ2) is 5.45. The number of nitrogens with two attached hydrogens (primary N) is 1. The number of aromatic nitrogens is 1. The van der Waals surface area contributed by atoms with Crippen molar-refractivity contribution in [2.24, 2.45) is 5.92 Å². The van der Waals surface area contributed by atoms with E-state index >= 15 is 0 Å². The summed E-state index contributed by atoms with van der Waals surface area (Å²) in [7, 11) is 0. The van der Waals surface area contributed by atoms with Crippen LogP contribution in [-0.2, 0) is 16.0 Å². The van der Waals surface area contributed by atoms with Crippen LogP contribution in [0.15, 0.2) is 5.38 Å². The Hall–Kier alpha value is -1.63. The van der Waals surface area contributed by atoms with E-state index in [-0.39, 0.29) is 18.9 Å². The Labute approximate surface area is 96.5 Å². The van der Waals surface area contributed by atoms with Gasteiger partial charge in [0.25, 0.3) is 0 Å². The number of anilines is 1. The summed E-state index contributed by atoms with van der Waals surface area (Å²) in [6.45, 7) is 1.65. The molecule has 88 valence electrons. The van der Waals surface area contributed by atoms with Gasteiger partial charge in [0.05, 0.1) is 18.0 Å². The van der Waals surface area contributed by atoms with Gasteiger partial charge in [0.15, 0.2) is 5.13 Å². The van der Waals surface area contributed by atoms with Crippen molar-refractivity contribution in [2.45, 2.75) is 13.3 Å². The molecule has 0 aromatic carbocycles. The van der Waals surface area contributed by atoms with E-state index in [9.17, 15) is 9.59 Å². The van der Waals surface area contributed by atoms with Crippen molar-refractivity contribution < 1.29 is 14.7 Å². The Bertz CT molecular complexity index is 391. The molecule has 1 aromatic heterocycles. The molecule has 1 aromatic rings. The van der Waals surface area contributed by atoms with E-state index in [2.05, 4.69) is 10.3 Å². The largest absolute Gasteiger partial charge is 0.481 e. The molecule has 0 aliphatic rings. The molecule has 0 bridgehead atoms. The van der Waals surface area contributed by atoms with Crippen LogP contribution in [0.4, 0.5) is 5.13 Å². The summed E-state index contributed by atoms with van der Waals surface area (Å²) in [5, 5.41) is 13.3. The highest BCUT2D eigenvalue weighted by Gasteiger charge is 2.12. The monoisotopic (exact) mass is 243 g/mol. The van der Waals surface area contributed by atoms with Crippen molar-refractivity contribution >= 4 is 28.3 Å².